The molecule has 0 spiro atoms. The van der Waals surface area contributed by atoms with Crippen LogP contribution in [0.2, 0.25) is 0 Å². The number of thiophene rings is 1. The first kappa shape index (κ1) is 17.1. The number of halogens is 1. The second-order valence-corrected chi connectivity index (χ2v) is 7.34. The number of benzene rings is 1. The average Bonchev–Trinajstić information content (AvgIpc) is 3.41. The summed E-state index contributed by atoms with van der Waals surface area (Å²) in [6, 6.07) is 9.04. The number of nitrogens with one attached hydrogen (secondary N) is 2. The molecule has 0 atom stereocenters. The van der Waals surface area contributed by atoms with Gasteiger partial charge in [-0.3, -0.25) is 5.10 Å². The highest BCUT2D eigenvalue weighted by molar-refractivity contribution is 7.13. The number of hydrogen-bond donors (Lipinski definition) is 2. The lowest BCUT2D eigenvalue weighted by Gasteiger charge is -2.29. The summed E-state index contributed by atoms with van der Waals surface area (Å²) in [6.07, 6.45) is 1.65. The molecule has 1 fully saturated rings. The van der Waals surface area contributed by atoms with Crippen molar-refractivity contribution in [1.29, 1.82) is 0 Å². The zero-order valence-electron chi connectivity index (χ0n) is 14.9. The normalized spacial score (nSPS) is 14.5. The van der Waals surface area contributed by atoms with Crippen LogP contribution in [-0.4, -0.2) is 46.5 Å². The Hall–Kier alpha value is -3.04. The van der Waals surface area contributed by atoms with E-state index in [9.17, 15) is 4.39 Å². The van der Waals surface area contributed by atoms with Crippen molar-refractivity contribution in [3.8, 4) is 10.7 Å². The molecule has 5 rings (SSSR count). The fourth-order valence-corrected chi connectivity index (χ4v) is 3.89. The lowest BCUT2D eigenvalue weighted by molar-refractivity contribution is 0.122. The summed E-state index contributed by atoms with van der Waals surface area (Å²) < 4.78 is 20.1. The maximum Gasteiger partial charge on any atom is 0.172 e. The summed E-state index contributed by atoms with van der Waals surface area (Å²) >= 11 is 1.56. The zero-order valence-corrected chi connectivity index (χ0v) is 15.7. The van der Waals surface area contributed by atoms with Gasteiger partial charge < -0.3 is 15.0 Å². The van der Waals surface area contributed by atoms with Gasteiger partial charge in [-0.25, -0.2) is 14.4 Å². The van der Waals surface area contributed by atoms with Crippen LogP contribution < -0.4 is 10.2 Å². The maximum absolute atomic E-state index is 14.7. The van der Waals surface area contributed by atoms with E-state index in [1.54, 1.807) is 23.6 Å². The lowest BCUT2D eigenvalue weighted by atomic mass is 10.2. The Kier molecular flexibility index (Phi) is 4.38. The zero-order chi connectivity index (χ0) is 18.9. The van der Waals surface area contributed by atoms with Gasteiger partial charge in [0.2, 0.25) is 0 Å². The average molecular weight is 396 g/mol. The van der Waals surface area contributed by atoms with Crippen LogP contribution in [0.3, 0.4) is 0 Å². The minimum absolute atomic E-state index is 0.278. The van der Waals surface area contributed by atoms with Crippen molar-refractivity contribution in [3.63, 3.8) is 0 Å². The predicted molar refractivity (Wildman–Crippen MR) is 108 cm³/mol. The molecule has 1 aliphatic rings. The number of morpholine rings is 1. The summed E-state index contributed by atoms with van der Waals surface area (Å²) in [7, 11) is 0. The molecule has 2 N–H and O–H groups in total. The lowest BCUT2D eigenvalue weighted by Crippen LogP contribution is -2.36. The number of rotatable bonds is 4. The van der Waals surface area contributed by atoms with E-state index in [0.29, 0.717) is 60.4 Å². The van der Waals surface area contributed by atoms with Gasteiger partial charge >= 0.3 is 0 Å². The first-order chi connectivity index (χ1) is 13.8. The summed E-state index contributed by atoms with van der Waals surface area (Å²) in [5.41, 5.74) is 2.58. The monoisotopic (exact) mass is 396 g/mol. The second kappa shape index (κ2) is 7.17. The number of nitrogens with zero attached hydrogens (tertiary/aromatic N) is 4. The molecule has 9 heteroatoms. The third kappa shape index (κ3) is 3.19. The molecule has 0 amide bonds. The number of anilines is 3. The third-order valence-corrected chi connectivity index (χ3v) is 5.47. The van der Waals surface area contributed by atoms with E-state index in [-0.39, 0.29) is 5.82 Å². The predicted octanol–water partition coefficient (Wildman–Crippen LogP) is 3.80. The van der Waals surface area contributed by atoms with Crippen LogP contribution in [0.5, 0.6) is 0 Å². The van der Waals surface area contributed by atoms with E-state index in [0.717, 1.165) is 4.88 Å². The van der Waals surface area contributed by atoms with Crippen molar-refractivity contribution in [2.45, 2.75) is 0 Å². The van der Waals surface area contributed by atoms with E-state index < -0.39 is 0 Å². The third-order valence-electron chi connectivity index (χ3n) is 4.60. The van der Waals surface area contributed by atoms with Gasteiger partial charge in [-0.05, 0) is 29.6 Å². The molecule has 4 heterocycles. The molecular formula is C19H17FN6OS. The quantitative estimate of drug-likeness (QED) is 0.546. The van der Waals surface area contributed by atoms with Crippen molar-refractivity contribution in [2.75, 3.05) is 36.5 Å². The molecule has 1 aromatic carbocycles. The first-order valence-corrected chi connectivity index (χ1v) is 9.80. The molecule has 3 aromatic heterocycles. The molecule has 4 aromatic rings. The van der Waals surface area contributed by atoms with E-state index in [1.165, 1.54) is 6.07 Å². The number of ether oxygens (including phenoxy) is 1. The van der Waals surface area contributed by atoms with Gasteiger partial charge in [-0.2, -0.15) is 5.10 Å². The molecule has 0 aliphatic carbocycles. The number of H-pyrrole nitrogens is 1. The number of aromatic amines is 1. The Bertz CT molecular complexity index is 1110. The molecule has 0 saturated carbocycles. The highest BCUT2D eigenvalue weighted by Crippen LogP contribution is 2.30. The van der Waals surface area contributed by atoms with E-state index in [4.69, 9.17) is 4.74 Å². The maximum atomic E-state index is 14.7. The number of aromatic nitrogens is 4. The Morgan fingerprint density at radius 1 is 1.18 bits per heavy atom. The van der Waals surface area contributed by atoms with Gasteiger partial charge in [-0.15, -0.1) is 11.3 Å². The molecule has 0 radical (unpaired) electrons. The standard InChI is InChI=1S/C19H17FN6OS/c20-13-10-12(3-4-15(13)26-5-7-27-8-6-26)22-19-17-14(11-21-25-17)23-18(24-19)16-2-1-9-28-16/h1-4,9-11H,5-8H2,(H,21,25)(H,22,23,24). The van der Waals surface area contributed by atoms with Crippen LogP contribution in [0, 0.1) is 5.82 Å². The fourth-order valence-electron chi connectivity index (χ4n) is 3.23. The summed E-state index contributed by atoms with van der Waals surface area (Å²) in [6.45, 7) is 2.61. The summed E-state index contributed by atoms with van der Waals surface area (Å²) in [4.78, 5) is 12.1. The van der Waals surface area contributed by atoms with Crippen LogP contribution in [0.25, 0.3) is 21.7 Å². The smallest absolute Gasteiger partial charge is 0.172 e. The van der Waals surface area contributed by atoms with E-state index in [1.807, 2.05) is 28.5 Å². The van der Waals surface area contributed by atoms with Crippen molar-refractivity contribution in [2.24, 2.45) is 0 Å². The van der Waals surface area contributed by atoms with Gasteiger partial charge in [0.1, 0.15) is 16.9 Å². The van der Waals surface area contributed by atoms with Gasteiger partial charge in [-0.1, -0.05) is 6.07 Å². The Labute approximate surface area is 164 Å². The van der Waals surface area contributed by atoms with Crippen LogP contribution >= 0.6 is 11.3 Å². The minimum Gasteiger partial charge on any atom is -0.378 e. The van der Waals surface area contributed by atoms with Crippen molar-refractivity contribution >= 4 is 39.6 Å². The molecule has 1 saturated heterocycles. The van der Waals surface area contributed by atoms with Gasteiger partial charge in [0.25, 0.3) is 0 Å². The Morgan fingerprint density at radius 3 is 2.86 bits per heavy atom. The van der Waals surface area contributed by atoms with Crippen LogP contribution in [0.4, 0.5) is 21.6 Å². The first-order valence-electron chi connectivity index (χ1n) is 8.92. The minimum atomic E-state index is -0.278. The Morgan fingerprint density at radius 2 is 2.07 bits per heavy atom. The van der Waals surface area contributed by atoms with Crippen LogP contribution in [-0.2, 0) is 4.74 Å². The SMILES string of the molecule is Fc1cc(Nc2nc(-c3cccs3)nc3cn[nH]c23)ccc1N1CCOCC1. The number of hydrogen-bond acceptors (Lipinski definition) is 7. The summed E-state index contributed by atoms with van der Waals surface area (Å²) in [5, 5.41) is 12.2. The fraction of sp³-hybridized carbons (Fsp3) is 0.211. The van der Waals surface area contributed by atoms with Crippen LogP contribution in [0.15, 0.2) is 41.9 Å². The van der Waals surface area contributed by atoms with Crippen molar-refractivity contribution in [3.05, 3.63) is 47.7 Å². The second-order valence-electron chi connectivity index (χ2n) is 6.39. The van der Waals surface area contributed by atoms with Gasteiger partial charge in [0.15, 0.2) is 11.6 Å². The molecule has 1 aliphatic heterocycles. The molecule has 142 valence electrons. The highest BCUT2D eigenvalue weighted by Gasteiger charge is 2.16. The van der Waals surface area contributed by atoms with E-state index in [2.05, 4.69) is 25.5 Å². The largest absolute Gasteiger partial charge is 0.378 e. The molecular weight excluding hydrogens is 379 g/mol. The van der Waals surface area contributed by atoms with E-state index >= 15 is 0 Å². The van der Waals surface area contributed by atoms with Crippen molar-refractivity contribution < 1.29 is 9.13 Å². The van der Waals surface area contributed by atoms with Gasteiger partial charge in [0.05, 0.1) is 30.0 Å². The number of fused-ring (bicyclic) bond motifs is 1. The van der Waals surface area contributed by atoms with Crippen LogP contribution in [0.1, 0.15) is 0 Å². The molecule has 0 unspecified atom stereocenters. The summed E-state index contributed by atoms with van der Waals surface area (Å²) in [5.74, 6) is 0.890. The molecule has 7 nitrogen and oxygen atoms in total. The topological polar surface area (TPSA) is 79.0 Å². The van der Waals surface area contributed by atoms with Gasteiger partial charge in [0, 0.05) is 18.8 Å². The molecule has 28 heavy (non-hydrogen) atoms. The molecule has 0 bridgehead atoms. The Balaban J connectivity index is 1.48. The highest BCUT2D eigenvalue weighted by atomic mass is 32.1. The van der Waals surface area contributed by atoms with Crippen molar-refractivity contribution in [1.82, 2.24) is 20.2 Å².